The average molecular weight is 449 g/mol. The van der Waals surface area contributed by atoms with Gasteiger partial charge in [0.1, 0.15) is 0 Å². The van der Waals surface area contributed by atoms with Crippen molar-refractivity contribution in [2.45, 2.75) is 18.8 Å². The Kier molecular flexibility index (Phi) is 4.84. The molecular weight excluding hydrogens is 433 g/mol. The van der Waals surface area contributed by atoms with Gasteiger partial charge in [-0.15, -0.1) is 0 Å². The minimum absolute atomic E-state index is 0.600. The minimum atomic E-state index is -1.21. The van der Waals surface area contributed by atoms with Crippen LogP contribution in [0.5, 0.6) is 0 Å². The molecule has 0 aromatic heterocycles. The summed E-state index contributed by atoms with van der Waals surface area (Å²) in [7, 11) is 0. The first kappa shape index (κ1) is 18.0. The molecule has 0 spiro atoms. The molecule has 4 rings (SSSR count). The fourth-order valence-electron chi connectivity index (χ4n) is 3.52. The first-order valence-corrected chi connectivity index (χ1v) is 9.78. The largest absolute Gasteiger partial charge is 0.367 e. The molecule has 0 aliphatic carbocycles. The van der Waals surface area contributed by atoms with Crippen LogP contribution in [0, 0.1) is 0 Å². The number of hydrogen-bond acceptors (Lipinski definition) is 2. The second kappa shape index (κ2) is 6.99. The third-order valence-corrected chi connectivity index (χ3v) is 5.79. The molecule has 0 fully saturated rings. The normalized spacial score (nSPS) is 19.5. The Labute approximate surface area is 171 Å². The van der Waals surface area contributed by atoms with Gasteiger partial charge in [-0.3, -0.25) is 4.90 Å². The molecule has 0 radical (unpaired) electrons. The van der Waals surface area contributed by atoms with Crippen molar-refractivity contribution in [2.24, 2.45) is 0 Å². The molecule has 1 N–H and O–H groups in total. The van der Waals surface area contributed by atoms with E-state index in [0.717, 1.165) is 26.7 Å². The lowest BCUT2D eigenvalue weighted by Crippen LogP contribution is -2.41. The molecule has 3 aromatic carbocycles. The van der Waals surface area contributed by atoms with Gasteiger partial charge in [0.15, 0.2) is 5.72 Å². The maximum atomic E-state index is 11.8. The third-order valence-electron chi connectivity index (χ3n) is 4.80. The third kappa shape index (κ3) is 3.19. The van der Waals surface area contributed by atoms with E-state index >= 15 is 0 Å². The number of aliphatic hydroxyl groups is 1. The SMILES string of the molecule is OC1(c2ccc(Cl)cc2)c2ccc(Br)cc2CN1Cc1ccc(Cl)cc1. The molecule has 5 heteroatoms. The van der Waals surface area contributed by atoms with Gasteiger partial charge in [-0.25, -0.2) is 0 Å². The van der Waals surface area contributed by atoms with Crippen LogP contribution < -0.4 is 0 Å². The number of halogens is 3. The van der Waals surface area contributed by atoms with Crippen molar-refractivity contribution in [3.8, 4) is 0 Å². The molecule has 2 nitrogen and oxygen atoms in total. The molecule has 3 aromatic rings. The molecular formula is C21H16BrCl2NO. The second-order valence-electron chi connectivity index (χ2n) is 6.46. The predicted octanol–water partition coefficient (Wildman–Crippen LogP) is 5.97. The van der Waals surface area contributed by atoms with Crippen LogP contribution in [0.15, 0.2) is 71.2 Å². The summed E-state index contributed by atoms with van der Waals surface area (Å²) in [6.07, 6.45) is 0. The first-order valence-electron chi connectivity index (χ1n) is 8.23. The summed E-state index contributed by atoms with van der Waals surface area (Å²) in [6, 6.07) is 21.1. The predicted molar refractivity (Wildman–Crippen MR) is 109 cm³/mol. The van der Waals surface area contributed by atoms with Crippen LogP contribution in [0.1, 0.15) is 22.3 Å². The number of fused-ring (bicyclic) bond motifs is 1. The highest BCUT2D eigenvalue weighted by Crippen LogP contribution is 2.44. The van der Waals surface area contributed by atoms with Gasteiger partial charge < -0.3 is 5.11 Å². The highest BCUT2D eigenvalue weighted by Gasteiger charge is 2.45. The van der Waals surface area contributed by atoms with Crippen molar-refractivity contribution in [3.05, 3.63) is 104 Å². The van der Waals surface area contributed by atoms with Crippen LogP contribution in [0.2, 0.25) is 10.0 Å². The molecule has 0 bridgehead atoms. The van der Waals surface area contributed by atoms with Gasteiger partial charge >= 0.3 is 0 Å². The Morgan fingerprint density at radius 3 is 2.19 bits per heavy atom. The van der Waals surface area contributed by atoms with Crippen molar-refractivity contribution in [2.75, 3.05) is 0 Å². The standard InChI is InChI=1S/C21H16BrCl2NO/c22-17-5-10-20-15(11-17)13-25(12-14-1-6-18(23)7-2-14)21(20,26)16-3-8-19(24)9-4-16/h1-11,26H,12-13H2. The lowest BCUT2D eigenvalue weighted by Gasteiger charge is -2.35. The number of rotatable bonds is 3. The molecule has 1 aliphatic heterocycles. The Bertz CT molecular complexity index is 943. The average Bonchev–Trinajstić information content (AvgIpc) is 2.90. The molecule has 1 atom stereocenters. The maximum Gasteiger partial charge on any atom is 0.171 e. The molecule has 1 heterocycles. The van der Waals surface area contributed by atoms with E-state index in [-0.39, 0.29) is 0 Å². The van der Waals surface area contributed by atoms with Crippen LogP contribution >= 0.6 is 39.1 Å². The molecule has 1 aliphatic rings. The summed E-state index contributed by atoms with van der Waals surface area (Å²) >= 11 is 15.6. The lowest BCUT2D eigenvalue weighted by molar-refractivity contribution is -0.0754. The fraction of sp³-hybridized carbons (Fsp3) is 0.143. The van der Waals surface area contributed by atoms with Crippen molar-refractivity contribution < 1.29 is 5.11 Å². The molecule has 1 unspecified atom stereocenters. The van der Waals surface area contributed by atoms with Crippen LogP contribution in [0.25, 0.3) is 0 Å². The van der Waals surface area contributed by atoms with E-state index in [2.05, 4.69) is 26.9 Å². The maximum absolute atomic E-state index is 11.8. The highest BCUT2D eigenvalue weighted by molar-refractivity contribution is 9.10. The van der Waals surface area contributed by atoms with Gasteiger partial charge in [0, 0.05) is 38.7 Å². The van der Waals surface area contributed by atoms with Crippen LogP contribution in [0.3, 0.4) is 0 Å². The van der Waals surface area contributed by atoms with E-state index in [1.54, 1.807) is 0 Å². The highest BCUT2D eigenvalue weighted by atomic mass is 79.9. The molecule has 0 amide bonds. The van der Waals surface area contributed by atoms with E-state index in [0.29, 0.717) is 23.1 Å². The number of hydrogen-bond donors (Lipinski definition) is 1. The van der Waals surface area contributed by atoms with Gasteiger partial charge in [0.05, 0.1) is 0 Å². The van der Waals surface area contributed by atoms with Gasteiger partial charge in [-0.2, -0.15) is 0 Å². The zero-order valence-electron chi connectivity index (χ0n) is 13.8. The lowest BCUT2D eigenvalue weighted by atomic mass is 9.93. The Morgan fingerprint density at radius 1 is 0.923 bits per heavy atom. The van der Waals surface area contributed by atoms with Crippen molar-refractivity contribution in [1.82, 2.24) is 4.90 Å². The van der Waals surface area contributed by atoms with Gasteiger partial charge in [0.2, 0.25) is 0 Å². The number of nitrogens with zero attached hydrogens (tertiary/aromatic N) is 1. The smallest absolute Gasteiger partial charge is 0.171 e. The Balaban J connectivity index is 1.79. The topological polar surface area (TPSA) is 23.5 Å². The zero-order valence-corrected chi connectivity index (χ0v) is 16.9. The quantitative estimate of drug-likeness (QED) is 0.533. The fourth-order valence-corrected chi connectivity index (χ4v) is 4.18. The molecule has 132 valence electrons. The first-order chi connectivity index (χ1) is 12.5. The Morgan fingerprint density at radius 2 is 1.54 bits per heavy atom. The van der Waals surface area contributed by atoms with E-state index < -0.39 is 5.72 Å². The van der Waals surface area contributed by atoms with Crippen LogP contribution in [-0.4, -0.2) is 10.0 Å². The van der Waals surface area contributed by atoms with E-state index in [9.17, 15) is 5.11 Å². The summed E-state index contributed by atoms with van der Waals surface area (Å²) in [5.41, 5.74) is 2.69. The van der Waals surface area contributed by atoms with E-state index in [1.807, 2.05) is 60.7 Å². The van der Waals surface area contributed by atoms with E-state index in [4.69, 9.17) is 23.2 Å². The number of benzene rings is 3. The van der Waals surface area contributed by atoms with Crippen molar-refractivity contribution >= 4 is 39.1 Å². The minimum Gasteiger partial charge on any atom is -0.367 e. The summed E-state index contributed by atoms with van der Waals surface area (Å²) in [6.45, 7) is 1.25. The molecule has 26 heavy (non-hydrogen) atoms. The van der Waals surface area contributed by atoms with Crippen LogP contribution in [-0.2, 0) is 18.8 Å². The zero-order chi connectivity index (χ0) is 18.3. The van der Waals surface area contributed by atoms with Gasteiger partial charge in [-0.1, -0.05) is 69.5 Å². The monoisotopic (exact) mass is 447 g/mol. The Hall–Kier alpha value is -1.36. The summed E-state index contributed by atoms with van der Waals surface area (Å²) in [5.74, 6) is 0. The van der Waals surface area contributed by atoms with Crippen molar-refractivity contribution in [3.63, 3.8) is 0 Å². The molecule has 0 saturated heterocycles. The summed E-state index contributed by atoms with van der Waals surface area (Å²) in [4.78, 5) is 2.07. The summed E-state index contributed by atoms with van der Waals surface area (Å²) < 4.78 is 1.00. The van der Waals surface area contributed by atoms with Gasteiger partial charge in [-0.05, 0) is 47.5 Å². The van der Waals surface area contributed by atoms with Crippen LogP contribution in [0.4, 0.5) is 0 Å². The van der Waals surface area contributed by atoms with Crippen molar-refractivity contribution in [1.29, 1.82) is 0 Å². The van der Waals surface area contributed by atoms with Gasteiger partial charge in [0.25, 0.3) is 0 Å². The molecule has 0 saturated carbocycles. The second-order valence-corrected chi connectivity index (χ2v) is 8.25. The summed E-state index contributed by atoms with van der Waals surface area (Å²) in [5, 5.41) is 13.2. The van der Waals surface area contributed by atoms with E-state index in [1.165, 1.54) is 0 Å².